The van der Waals surface area contributed by atoms with Gasteiger partial charge in [0.15, 0.2) is 11.2 Å². The summed E-state index contributed by atoms with van der Waals surface area (Å²) >= 11 is 14.2. The van der Waals surface area contributed by atoms with Gasteiger partial charge in [-0.2, -0.15) is 0 Å². The number of hydrogen-bond acceptors (Lipinski definition) is 5. The third-order valence-electron chi connectivity index (χ3n) is 5.29. The monoisotopic (exact) mass is 528 g/mol. The summed E-state index contributed by atoms with van der Waals surface area (Å²) in [5, 5.41) is 15.8. The Morgan fingerprint density at radius 2 is 1.71 bits per heavy atom. The lowest BCUT2D eigenvalue weighted by atomic mass is 10.1. The van der Waals surface area contributed by atoms with Gasteiger partial charge >= 0.3 is 5.97 Å². The molecular weight excluding hydrogens is 507 g/mol. The zero-order valence-corrected chi connectivity index (χ0v) is 21.0. The Morgan fingerprint density at radius 1 is 1.09 bits per heavy atom. The highest BCUT2D eigenvalue weighted by Crippen LogP contribution is 2.37. The van der Waals surface area contributed by atoms with Crippen molar-refractivity contribution in [2.24, 2.45) is 0 Å². The minimum absolute atomic E-state index is 0.171. The normalized spacial score (nSPS) is 16.3. The molecule has 0 spiro atoms. The van der Waals surface area contributed by atoms with E-state index < -0.39 is 5.97 Å². The van der Waals surface area contributed by atoms with Crippen molar-refractivity contribution >= 4 is 58.6 Å². The van der Waals surface area contributed by atoms with Gasteiger partial charge in [-0.3, -0.25) is 4.79 Å². The molecule has 0 radical (unpaired) electrons. The molecule has 0 bridgehead atoms. The van der Waals surface area contributed by atoms with E-state index in [1.165, 1.54) is 29.5 Å². The minimum Gasteiger partial charge on any atom is -0.486 e. The second-order valence-corrected chi connectivity index (χ2v) is 9.74. The molecule has 1 aliphatic heterocycles. The molecule has 0 unspecified atom stereocenters. The van der Waals surface area contributed by atoms with Crippen molar-refractivity contribution in [1.29, 1.82) is 0 Å². The van der Waals surface area contributed by atoms with Crippen LogP contribution in [0.4, 0.5) is 5.69 Å². The number of anilines is 1. The van der Waals surface area contributed by atoms with E-state index in [4.69, 9.17) is 33.0 Å². The molecule has 1 aliphatic rings. The van der Waals surface area contributed by atoms with E-state index in [-0.39, 0.29) is 23.6 Å². The fraction of sp³-hybridized carbons (Fsp3) is 0.154. The Bertz CT molecular complexity index is 1250. The van der Waals surface area contributed by atoms with Crippen LogP contribution >= 0.6 is 35.0 Å². The lowest BCUT2D eigenvalue weighted by Crippen LogP contribution is -2.30. The predicted octanol–water partition coefficient (Wildman–Crippen LogP) is 6.43. The number of rotatable bonds is 8. The molecule has 1 atom stereocenters. The number of nitrogens with one attached hydrogen (secondary N) is 2. The molecule has 4 rings (SSSR count). The summed E-state index contributed by atoms with van der Waals surface area (Å²) in [5.74, 6) is -0.860. The lowest BCUT2D eigenvalue weighted by molar-refractivity contribution is -0.116. The maximum absolute atomic E-state index is 12.5. The highest BCUT2D eigenvalue weighted by atomic mass is 35.5. The second-order valence-electron chi connectivity index (χ2n) is 7.78. The maximum atomic E-state index is 12.5. The number of hydrogen-bond donors (Lipinski definition) is 3. The zero-order valence-electron chi connectivity index (χ0n) is 18.7. The second kappa shape index (κ2) is 11.1. The molecule has 6 nitrogen and oxygen atoms in total. The van der Waals surface area contributed by atoms with Crippen molar-refractivity contribution in [2.45, 2.75) is 25.4 Å². The Hall–Kier alpha value is -3.13. The molecule has 1 amide bonds. The molecule has 0 aromatic heterocycles. The standard InChI is InChI=1S/C26H22Cl2N2O4S/c1-2-15-5-9-19(10-6-15)29-26-30-24(31)22(35-26)13-17-11-20(27)23(21(28)12-17)34-14-16-3-7-18(8-4-16)25(32)33/h3-13,26,29H,2,14H2,1H3,(H,30,31)(H,32,33)/b22-13-/t26-/m0/s1. The highest BCUT2D eigenvalue weighted by Gasteiger charge is 2.27. The third kappa shape index (κ3) is 6.31. The minimum atomic E-state index is -0.991. The molecule has 180 valence electrons. The number of thioether (sulfide) groups is 1. The fourth-order valence-corrected chi connectivity index (χ4v) is 5.00. The molecule has 3 aromatic rings. The van der Waals surface area contributed by atoms with Crippen LogP contribution in [0.3, 0.4) is 0 Å². The third-order valence-corrected chi connectivity index (χ3v) is 6.88. The van der Waals surface area contributed by atoms with Gasteiger partial charge in [0, 0.05) is 5.69 Å². The van der Waals surface area contributed by atoms with Gasteiger partial charge in [0.2, 0.25) is 0 Å². The summed E-state index contributed by atoms with van der Waals surface area (Å²) in [6, 6.07) is 17.8. The van der Waals surface area contributed by atoms with Crippen LogP contribution in [0, 0.1) is 0 Å². The van der Waals surface area contributed by atoms with Crippen LogP contribution in [0.15, 0.2) is 65.6 Å². The van der Waals surface area contributed by atoms with Crippen LogP contribution in [0.2, 0.25) is 10.0 Å². The van der Waals surface area contributed by atoms with Gasteiger partial charge in [0.05, 0.1) is 20.5 Å². The van der Waals surface area contributed by atoms with Crippen LogP contribution in [0.5, 0.6) is 5.75 Å². The molecule has 35 heavy (non-hydrogen) atoms. The van der Waals surface area contributed by atoms with Gasteiger partial charge in [-0.25, -0.2) is 4.79 Å². The number of carboxylic acid groups (broad SMARTS) is 1. The Morgan fingerprint density at radius 3 is 2.31 bits per heavy atom. The number of carboxylic acids is 1. The molecular formula is C26H22Cl2N2O4S. The topological polar surface area (TPSA) is 87.7 Å². The Kier molecular flexibility index (Phi) is 7.90. The molecule has 3 N–H and O–H groups in total. The molecule has 1 heterocycles. The summed E-state index contributed by atoms with van der Waals surface area (Å²) in [4.78, 5) is 24.0. The van der Waals surface area contributed by atoms with E-state index in [0.29, 0.717) is 26.3 Å². The van der Waals surface area contributed by atoms with Crippen LogP contribution in [-0.2, 0) is 17.8 Å². The van der Waals surface area contributed by atoms with E-state index in [2.05, 4.69) is 29.7 Å². The van der Waals surface area contributed by atoms with E-state index >= 15 is 0 Å². The summed E-state index contributed by atoms with van der Waals surface area (Å²) in [5.41, 5.74) is 3.52. The van der Waals surface area contributed by atoms with Crippen molar-refractivity contribution in [3.63, 3.8) is 0 Å². The summed E-state index contributed by atoms with van der Waals surface area (Å²) in [6.07, 6.45) is 2.70. The summed E-state index contributed by atoms with van der Waals surface area (Å²) in [7, 11) is 0. The summed E-state index contributed by atoms with van der Waals surface area (Å²) < 4.78 is 5.77. The van der Waals surface area contributed by atoms with E-state index in [9.17, 15) is 9.59 Å². The van der Waals surface area contributed by atoms with Gasteiger partial charge in [-0.05, 0) is 65.6 Å². The van der Waals surface area contributed by atoms with Crippen molar-refractivity contribution in [2.75, 3.05) is 5.32 Å². The van der Waals surface area contributed by atoms with Crippen molar-refractivity contribution < 1.29 is 19.4 Å². The molecule has 3 aromatic carbocycles. The predicted molar refractivity (Wildman–Crippen MR) is 141 cm³/mol. The van der Waals surface area contributed by atoms with Crippen molar-refractivity contribution in [3.8, 4) is 5.75 Å². The number of aromatic carboxylic acids is 1. The van der Waals surface area contributed by atoms with E-state index in [1.807, 2.05) is 12.1 Å². The molecule has 9 heteroatoms. The van der Waals surface area contributed by atoms with Gasteiger partial charge in [-0.15, -0.1) is 0 Å². The number of amides is 1. The van der Waals surface area contributed by atoms with Crippen molar-refractivity contribution in [3.05, 3.63) is 97.9 Å². The highest BCUT2D eigenvalue weighted by molar-refractivity contribution is 8.05. The first-order valence-corrected chi connectivity index (χ1v) is 12.4. The van der Waals surface area contributed by atoms with Gasteiger partial charge < -0.3 is 20.5 Å². The number of aryl methyl sites for hydroxylation is 1. The Balaban J connectivity index is 1.42. The lowest BCUT2D eigenvalue weighted by Gasteiger charge is -2.13. The van der Waals surface area contributed by atoms with Crippen LogP contribution in [-0.4, -0.2) is 22.5 Å². The fourth-order valence-electron chi connectivity index (χ4n) is 3.40. The average Bonchev–Trinajstić information content (AvgIpc) is 3.17. The number of carbonyl (C=O) groups is 2. The maximum Gasteiger partial charge on any atom is 0.335 e. The van der Waals surface area contributed by atoms with Gasteiger partial charge in [-0.1, -0.05) is 66.2 Å². The summed E-state index contributed by atoms with van der Waals surface area (Å²) in [6.45, 7) is 2.27. The first-order chi connectivity index (χ1) is 16.8. The van der Waals surface area contributed by atoms with Crippen LogP contribution < -0.4 is 15.4 Å². The van der Waals surface area contributed by atoms with Gasteiger partial charge in [0.25, 0.3) is 5.91 Å². The molecule has 1 fully saturated rings. The van der Waals surface area contributed by atoms with Crippen LogP contribution in [0.25, 0.3) is 6.08 Å². The number of ether oxygens (including phenoxy) is 1. The quantitative estimate of drug-likeness (QED) is 0.292. The number of benzene rings is 3. The largest absolute Gasteiger partial charge is 0.486 e. The molecule has 1 saturated heterocycles. The average molecular weight is 529 g/mol. The Labute approximate surface area is 217 Å². The SMILES string of the molecule is CCc1ccc(N[C@H]2NC(=O)/C(=C/c3cc(Cl)c(OCc4ccc(C(=O)O)cc4)c(Cl)c3)S2)cc1. The van der Waals surface area contributed by atoms with Crippen molar-refractivity contribution in [1.82, 2.24) is 5.32 Å². The number of halogens is 2. The number of carbonyl (C=O) groups excluding carboxylic acids is 1. The van der Waals surface area contributed by atoms with Crippen LogP contribution in [0.1, 0.15) is 34.0 Å². The van der Waals surface area contributed by atoms with Gasteiger partial charge in [0.1, 0.15) is 6.61 Å². The van der Waals surface area contributed by atoms with E-state index in [0.717, 1.165) is 17.7 Å². The zero-order chi connectivity index (χ0) is 24.9. The molecule has 0 saturated carbocycles. The smallest absolute Gasteiger partial charge is 0.335 e. The molecule has 0 aliphatic carbocycles. The first kappa shape index (κ1) is 25.0. The first-order valence-electron chi connectivity index (χ1n) is 10.8. The van der Waals surface area contributed by atoms with E-state index in [1.54, 1.807) is 30.3 Å².